The Balaban J connectivity index is 1.99. The highest BCUT2D eigenvalue weighted by atomic mass is 16.6. The molecule has 3 rings (SSSR count). The second kappa shape index (κ2) is 9.34. The van der Waals surface area contributed by atoms with Gasteiger partial charge in [-0.3, -0.25) is 14.5 Å². The first-order valence-corrected chi connectivity index (χ1v) is 9.92. The van der Waals surface area contributed by atoms with Crippen LogP contribution >= 0.6 is 0 Å². The van der Waals surface area contributed by atoms with Crippen LogP contribution in [0.2, 0.25) is 0 Å². The average Bonchev–Trinajstić information content (AvgIpc) is 2.75. The van der Waals surface area contributed by atoms with Gasteiger partial charge in [0.05, 0.1) is 0 Å². The Hall–Kier alpha value is -3.49. The lowest BCUT2D eigenvalue weighted by atomic mass is 10.1. The number of rotatable bonds is 8. The number of amides is 2. The van der Waals surface area contributed by atoms with E-state index >= 15 is 0 Å². The minimum absolute atomic E-state index is 0.0114. The quantitative estimate of drug-likeness (QED) is 0.487. The summed E-state index contributed by atoms with van der Waals surface area (Å²) in [5, 5.41) is 11.2. The number of carbonyl (C=O) groups excluding carboxylic acids is 2. The fourth-order valence-electron chi connectivity index (χ4n) is 3.36. The Morgan fingerprint density at radius 1 is 1.17 bits per heavy atom. The fraction of sp³-hybridized carbons (Fsp3) is 0.381. The molecule has 30 heavy (non-hydrogen) atoms. The largest absolute Gasteiger partial charge is 0.469 e. The summed E-state index contributed by atoms with van der Waals surface area (Å²) in [5.41, 5.74) is 0.628. The van der Waals surface area contributed by atoms with Crippen LogP contribution < -0.4 is 9.64 Å². The van der Waals surface area contributed by atoms with Crippen molar-refractivity contribution in [2.45, 2.75) is 32.8 Å². The summed E-state index contributed by atoms with van der Waals surface area (Å²) in [7, 11) is 0. The first kappa shape index (κ1) is 21.2. The zero-order valence-electron chi connectivity index (χ0n) is 17.0. The molecule has 2 heterocycles. The highest BCUT2D eigenvalue weighted by molar-refractivity contribution is 6.03. The van der Waals surface area contributed by atoms with Crippen molar-refractivity contribution < 1.29 is 19.2 Å². The van der Waals surface area contributed by atoms with Gasteiger partial charge in [0.15, 0.2) is 5.75 Å². The lowest BCUT2D eigenvalue weighted by molar-refractivity contribution is -0.389. The zero-order valence-corrected chi connectivity index (χ0v) is 17.0. The Labute approximate surface area is 174 Å². The van der Waals surface area contributed by atoms with E-state index in [0.717, 1.165) is 12.8 Å². The molecule has 9 nitrogen and oxygen atoms in total. The van der Waals surface area contributed by atoms with Crippen LogP contribution in [0.15, 0.2) is 42.5 Å². The number of pyridine rings is 1. The van der Waals surface area contributed by atoms with Crippen LogP contribution in [0.4, 0.5) is 11.6 Å². The molecule has 1 aromatic heterocycles. The van der Waals surface area contributed by atoms with Crippen LogP contribution in [0, 0.1) is 10.1 Å². The second-order valence-corrected chi connectivity index (χ2v) is 6.96. The molecule has 0 spiro atoms. The number of benzene rings is 1. The maximum Gasteiger partial charge on any atom is 0.366 e. The van der Waals surface area contributed by atoms with E-state index in [2.05, 4.69) is 4.98 Å². The van der Waals surface area contributed by atoms with Gasteiger partial charge >= 0.3 is 5.82 Å². The molecule has 0 radical (unpaired) electrons. The van der Waals surface area contributed by atoms with Crippen molar-refractivity contribution in [3.63, 3.8) is 0 Å². The Morgan fingerprint density at radius 3 is 2.43 bits per heavy atom. The number of hydrogen-bond acceptors (Lipinski definition) is 6. The number of fused-ring (bicyclic) bond motifs is 1. The third kappa shape index (κ3) is 4.40. The number of nitro groups is 1. The summed E-state index contributed by atoms with van der Waals surface area (Å²) in [6.45, 7) is 4.83. The normalized spacial score (nSPS) is 15.3. The highest BCUT2D eigenvalue weighted by Gasteiger charge is 2.41. The van der Waals surface area contributed by atoms with E-state index in [0.29, 0.717) is 18.7 Å². The van der Waals surface area contributed by atoms with Gasteiger partial charge in [-0.25, -0.2) is 0 Å². The van der Waals surface area contributed by atoms with Crippen molar-refractivity contribution in [3.8, 4) is 5.75 Å². The van der Waals surface area contributed by atoms with E-state index in [1.165, 1.54) is 17.0 Å². The maximum atomic E-state index is 13.3. The van der Waals surface area contributed by atoms with Crippen LogP contribution in [0.5, 0.6) is 5.75 Å². The number of ether oxygens (including phenoxy) is 1. The molecule has 1 aliphatic heterocycles. The molecule has 1 atom stereocenters. The number of carbonyl (C=O) groups is 2. The van der Waals surface area contributed by atoms with Gasteiger partial charge in [-0.15, -0.1) is 0 Å². The maximum absolute atomic E-state index is 13.3. The van der Waals surface area contributed by atoms with E-state index < -0.39 is 22.8 Å². The summed E-state index contributed by atoms with van der Waals surface area (Å²) in [6.07, 6.45) is 0.617. The Bertz CT molecular complexity index is 928. The summed E-state index contributed by atoms with van der Waals surface area (Å²) in [4.78, 5) is 43.6. The molecule has 0 saturated carbocycles. The van der Waals surface area contributed by atoms with Gasteiger partial charge in [0.25, 0.3) is 11.7 Å². The summed E-state index contributed by atoms with van der Waals surface area (Å²) < 4.78 is 5.83. The molecule has 0 bridgehead atoms. The van der Waals surface area contributed by atoms with Crippen LogP contribution in [0.3, 0.4) is 0 Å². The van der Waals surface area contributed by atoms with E-state index in [-0.39, 0.29) is 24.0 Å². The minimum Gasteiger partial charge on any atom is -0.469 e. The van der Waals surface area contributed by atoms with Gasteiger partial charge in [-0.1, -0.05) is 44.2 Å². The Morgan fingerprint density at radius 2 is 1.83 bits per heavy atom. The third-order valence-corrected chi connectivity index (χ3v) is 4.74. The molecule has 0 fully saturated rings. The SMILES string of the molecule is CCCN(CCC)C(=O)CN1C(=O)C(c2ccccc2)Oc2ccc([N+](=O)[O-])nc21. The van der Waals surface area contributed by atoms with Gasteiger partial charge < -0.3 is 19.8 Å². The molecule has 0 N–H and O–H groups in total. The molecule has 0 aliphatic carbocycles. The number of anilines is 1. The predicted molar refractivity (Wildman–Crippen MR) is 110 cm³/mol. The first-order chi connectivity index (χ1) is 14.5. The summed E-state index contributed by atoms with van der Waals surface area (Å²) in [6, 6.07) is 11.5. The van der Waals surface area contributed by atoms with Gasteiger partial charge in [-0.05, 0) is 28.8 Å². The summed E-state index contributed by atoms with van der Waals surface area (Å²) in [5.74, 6) is -0.926. The molecular formula is C21H24N4O5. The molecule has 158 valence electrons. The van der Waals surface area contributed by atoms with E-state index in [4.69, 9.17) is 4.74 Å². The third-order valence-electron chi connectivity index (χ3n) is 4.74. The van der Waals surface area contributed by atoms with Gasteiger partial charge in [-0.2, -0.15) is 0 Å². The lowest BCUT2D eigenvalue weighted by Gasteiger charge is -2.32. The fourth-order valence-corrected chi connectivity index (χ4v) is 3.36. The molecule has 1 aliphatic rings. The first-order valence-electron chi connectivity index (χ1n) is 9.92. The number of aromatic nitrogens is 1. The molecular weight excluding hydrogens is 388 g/mol. The van der Waals surface area contributed by atoms with E-state index in [1.807, 2.05) is 19.9 Å². The molecule has 2 amide bonds. The van der Waals surface area contributed by atoms with Crippen LogP contribution in [0.1, 0.15) is 38.4 Å². The topological polar surface area (TPSA) is 106 Å². The predicted octanol–water partition coefficient (Wildman–Crippen LogP) is 3.11. The van der Waals surface area contributed by atoms with Gasteiger partial charge in [0, 0.05) is 24.7 Å². The van der Waals surface area contributed by atoms with E-state index in [9.17, 15) is 19.7 Å². The molecule has 1 unspecified atom stereocenters. The van der Waals surface area contributed by atoms with Gasteiger partial charge in [0.1, 0.15) is 6.54 Å². The van der Waals surface area contributed by atoms with Crippen molar-refractivity contribution in [2.75, 3.05) is 24.5 Å². The van der Waals surface area contributed by atoms with Gasteiger partial charge in [0.2, 0.25) is 12.0 Å². The van der Waals surface area contributed by atoms with Crippen molar-refractivity contribution >= 4 is 23.5 Å². The average molecular weight is 412 g/mol. The van der Waals surface area contributed by atoms with Crippen molar-refractivity contribution in [1.82, 2.24) is 9.88 Å². The minimum atomic E-state index is -0.958. The van der Waals surface area contributed by atoms with Crippen LogP contribution in [-0.2, 0) is 9.59 Å². The summed E-state index contributed by atoms with van der Waals surface area (Å²) >= 11 is 0. The highest BCUT2D eigenvalue weighted by Crippen LogP contribution is 2.38. The molecule has 1 aromatic carbocycles. The standard InChI is InChI=1S/C21H24N4O5/c1-3-12-23(13-4-2)18(26)14-24-20-16(10-11-17(22-20)25(28)29)30-19(21(24)27)15-8-6-5-7-9-15/h5-11,19H,3-4,12-14H2,1-2H3. The number of hydrogen-bond donors (Lipinski definition) is 0. The van der Waals surface area contributed by atoms with Crippen LogP contribution in [-0.4, -0.2) is 46.3 Å². The number of nitrogens with zero attached hydrogens (tertiary/aromatic N) is 4. The lowest BCUT2D eigenvalue weighted by Crippen LogP contribution is -2.48. The van der Waals surface area contributed by atoms with Crippen molar-refractivity contribution in [3.05, 3.63) is 58.1 Å². The van der Waals surface area contributed by atoms with E-state index in [1.54, 1.807) is 29.2 Å². The molecule has 2 aromatic rings. The Kier molecular flexibility index (Phi) is 6.61. The smallest absolute Gasteiger partial charge is 0.366 e. The zero-order chi connectivity index (χ0) is 21.7. The van der Waals surface area contributed by atoms with Crippen molar-refractivity contribution in [1.29, 1.82) is 0 Å². The van der Waals surface area contributed by atoms with Crippen LogP contribution in [0.25, 0.3) is 0 Å². The monoisotopic (exact) mass is 412 g/mol. The second-order valence-electron chi connectivity index (χ2n) is 6.96. The van der Waals surface area contributed by atoms with Crippen molar-refractivity contribution in [2.24, 2.45) is 0 Å². The molecule has 9 heteroatoms. The molecule has 0 saturated heterocycles.